The number of carbonyl (C=O) groups excluding carboxylic acids is 3. The van der Waals surface area contributed by atoms with Gasteiger partial charge < -0.3 is 19.7 Å². The number of unbranched alkanes of at least 4 members (excludes halogenated alkanes) is 1. The van der Waals surface area contributed by atoms with Gasteiger partial charge in [0, 0.05) is 32.9 Å². The first-order valence-electron chi connectivity index (χ1n) is 14.5. The van der Waals surface area contributed by atoms with Crippen LogP contribution >= 0.6 is 21.0 Å². The van der Waals surface area contributed by atoms with Crippen molar-refractivity contribution in [3.63, 3.8) is 0 Å². The Balaban J connectivity index is 2.20. The molecule has 6 unspecified atom stereocenters. The van der Waals surface area contributed by atoms with E-state index in [0.717, 1.165) is 29.6 Å². The van der Waals surface area contributed by atoms with E-state index < -0.39 is 6.10 Å². The van der Waals surface area contributed by atoms with Crippen LogP contribution in [0.1, 0.15) is 72.3 Å². The van der Waals surface area contributed by atoms with Gasteiger partial charge in [0.1, 0.15) is 11.5 Å². The van der Waals surface area contributed by atoms with Crippen LogP contribution in [0.3, 0.4) is 0 Å². The number of amides is 1. The molecule has 1 aliphatic rings. The maximum atomic E-state index is 12.8. The van der Waals surface area contributed by atoms with E-state index in [0.29, 0.717) is 25.7 Å². The lowest BCUT2D eigenvalue weighted by Gasteiger charge is -2.35. The predicted molar refractivity (Wildman–Crippen MR) is 171 cm³/mol. The lowest BCUT2D eigenvalue weighted by atomic mass is 9.95. The molecule has 2 rings (SSSR count). The minimum atomic E-state index is -0.447. The third-order valence-corrected chi connectivity index (χ3v) is 8.85. The molecule has 0 bridgehead atoms. The number of rotatable bonds is 16. The van der Waals surface area contributed by atoms with Crippen molar-refractivity contribution in [2.75, 3.05) is 14.2 Å². The quantitative estimate of drug-likeness (QED) is 0.150. The highest BCUT2D eigenvalue weighted by Gasteiger charge is 2.35. The summed E-state index contributed by atoms with van der Waals surface area (Å²) in [4.78, 5) is 43.9. The summed E-state index contributed by atoms with van der Waals surface area (Å²) >= 11 is 1.55. The Labute approximate surface area is 252 Å². The minimum Gasteiger partial charge on any atom is -0.469 e. The third-order valence-electron chi connectivity index (χ3n) is 7.30. The van der Waals surface area contributed by atoms with Crippen LogP contribution < -0.4 is 5.32 Å². The number of aliphatic imine (C=N–C) groups is 1. The first-order chi connectivity index (χ1) is 19.5. The molecule has 0 radical (unpaired) electrons. The smallest absolute Gasteiger partial charge is 0.308 e. The molecule has 0 saturated carbocycles. The van der Waals surface area contributed by atoms with Crippen molar-refractivity contribution in [2.45, 2.75) is 96.7 Å². The van der Waals surface area contributed by atoms with E-state index in [1.165, 1.54) is 14.0 Å². The maximum absolute atomic E-state index is 12.8. The van der Waals surface area contributed by atoms with Gasteiger partial charge in [0.15, 0.2) is 0 Å². The zero-order valence-electron chi connectivity index (χ0n) is 25.6. The summed E-state index contributed by atoms with van der Waals surface area (Å²) in [6.07, 6.45) is 3.65. The van der Waals surface area contributed by atoms with Crippen molar-refractivity contribution >= 4 is 44.3 Å². The number of nitrogens with one attached hydrogen (secondary N) is 1. The van der Waals surface area contributed by atoms with Crippen molar-refractivity contribution in [1.82, 2.24) is 10.2 Å². The largest absolute Gasteiger partial charge is 0.469 e. The lowest BCUT2D eigenvalue weighted by Crippen LogP contribution is -2.47. The van der Waals surface area contributed by atoms with E-state index >= 15 is 0 Å². The molecule has 6 atom stereocenters. The fourth-order valence-electron chi connectivity index (χ4n) is 4.97. The van der Waals surface area contributed by atoms with Gasteiger partial charge >= 0.3 is 11.9 Å². The van der Waals surface area contributed by atoms with Gasteiger partial charge in [0.05, 0.1) is 30.2 Å². The number of esters is 2. The molecule has 1 aliphatic heterocycles. The van der Waals surface area contributed by atoms with Gasteiger partial charge in [0.2, 0.25) is 5.91 Å². The molecule has 41 heavy (non-hydrogen) atoms. The van der Waals surface area contributed by atoms with Crippen LogP contribution in [0.4, 0.5) is 0 Å². The molecular formula is C31H48N3O5PS. The Hall–Kier alpha value is -2.38. The maximum Gasteiger partial charge on any atom is 0.308 e. The predicted octanol–water partition coefficient (Wildman–Crippen LogP) is 5.57. The average molecular weight is 606 g/mol. The zero-order valence-corrected chi connectivity index (χ0v) is 27.6. The second-order valence-corrected chi connectivity index (χ2v) is 12.6. The summed E-state index contributed by atoms with van der Waals surface area (Å²) in [5.74, 6) is -0.589. The summed E-state index contributed by atoms with van der Waals surface area (Å²) in [6, 6.07) is 9.89. The number of thioether (sulfide) groups is 1. The van der Waals surface area contributed by atoms with Gasteiger partial charge in [-0.1, -0.05) is 73.7 Å². The highest BCUT2D eigenvalue weighted by atomic mass is 32.2. The highest BCUT2D eigenvalue weighted by Crippen LogP contribution is 2.31. The van der Waals surface area contributed by atoms with Crippen LogP contribution in [0.2, 0.25) is 0 Å². The van der Waals surface area contributed by atoms with Crippen LogP contribution in [0.25, 0.3) is 0 Å². The number of ether oxygens (including phenoxy) is 2. The van der Waals surface area contributed by atoms with E-state index in [1.807, 2.05) is 42.5 Å². The normalized spacial score (nSPS) is 18.1. The molecule has 0 aromatic heterocycles. The van der Waals surface area contributed by atoms with Gasteiger partial charge in [-0.2, -0.15) is 0 Å². The molecule has 1 amide bonds. The molecule has 0 fully saturated rings. The average Bonchev–Trinajstić information content (AvgIpc) is 3.43. The van der Waals surface area contributed by atoms with Gasteiger partial charge in [0.25, 0.3) is 0 Å². The van der Waals surface area contributed by atoms with Crippen LogP contribution in [0.15, 0.2) is 46.4 Å². The Bertz CT molecular complexity index is 1070. The van der Waals surface area contributed by atoms with Crippen molar-refractivity contribution in [2.24, 2.45) is 16.8 Å². The Morgan fingerprint density at radius 2 is 1.83 bits per heavy atom. The van der Waals surface area contributed by atoms with E-state index in [4.69, 9.17) is 14.5 Å². The molecule has 228 valence electrons. The molecule has 10 heteroatoms. The van der Waals surface area contributed by atoms with Crippen LogP contribution in [0, 0.1) is 11.8 Å². The molecule has 1 aromatic rings. The monoisotopic (exact) mass is 605 g/mol. The molecule has 0 saturated heterocycles. The summed E-state index contributed by atoms with van der Waals surface area (Å²) in [6.45, 7) is 9.53. The van der Waals surface area contributed by atoms with Crippen LogP contribution in [-0.2, 0) is 30.3 Å². The van der Waals surface area contributed by atoms with E-state index in [2.05, 4.69) is 47.5 Å². The molecule has 1 aromatic carbocycles. The number of allylic oxidation sites excluding steroid dienone is 1. The Kier molecular flexibility index (Phi) is 14.9. The second kappa shape index (κ2) is 17.5. The third kappa shape index (κ3) is 11.4. The van der Waals surface area contributed by atoms with Gasteiger partial charge in [-0.05, 0) is 36.2 Å². The molecule has 1 N–H and O–H groups in total. The van der Waals surface area contributed by atoms with Crippen LogP contribution in [-0.4, -0.2) is 65.9 Å². The van der Waals surface area contributed by atoms with Crippen molar-refractivity contribution in [1.29, 1.82) is 0 Å². The molecule has 0 aliphatic carbocycles. The number of hydrogen-bond donors (Lipinski definition) is 1. The molecule has 1 heterocycles. The summed E-state index contributed by atoms with van der Waals surface area (Å²) in [5, 5.41) is 5.28. The van der Waals surface area contributed by atoms with Gasteiger partial charge in [-0.25, -0.2) is 0 Å². The topological polar surface area (TPSA) is 97.3 Å². The SMILES string of the molecule is CCCCC(=O)N(C)C(CC(OC(C)=O)C1NC(C(P)=NC(Cc2ccccc2)CC(C)C(=O)OC)=CS1)C(C)C. The molecular weight excluding hydrogens is 557 g/mol. The standard InChI is InChI=1S/C31H48N3O5PS/c1-8-9-15-28(36)34(6)26(20(2)3)18-27(39-22(5)35)30-33-25(19-41-30)29(40)32-24(16-21(4)31(37)38-7)17-23-13-11-10-12-14-23/h10-14,19-21,24,26-27,30,33H,8-9,15-18,40H2,1-7H3. The fraction of sp³-hybridized carbons (Fsp3) is 0.613. The lowest BCUT2D eigenvalue weighted by molar-refractivity contribution is -0.148. The van der Waals surface area contributed by atoms with E-state index in [-0.39, 0.29) is 47.1 Å². The van der Waals surface area contributed by atoms with Crippen LogP contribution in [0.5, 0.6) is 0 Å². The summed E-state index contributed by atoms with van der Waals surface area (Å²) < 4.78 is 10.8. The van der Waals surface area contributed by atoms with E-state index in [1.54, 1.807) is 11.8 Å². The van der Waals surface area contributed by atoms with Crippen molar-refractivity contribution in [3.05, 3.63) is 47.0 Å². The highest BCUT2D eigenvalue weighted by molar-refractivity contribution is 8.03. The number of hydrogen-bond acceptors (Lipinski definition) is 8. The summed E-state index contributed by atoms with van der Waals surface area (Å²) in [7, 11) is 5.97. The minimum absolute atomic E-state index is 0.0747. The van der Waals surface area contributed by atoms with Crippen molar-refractivity contribution in [3.8, 4) is 0 Å². The summed E-state index contributed by atoms with van der Waals surface area (Å²) in [5.41, 5.74) is 2.72. The molecule has 8 nitrogen and oxygen atoms in total. The molecule has 0 spiro atoms. The number of carbonyl (C=O) groups is 3. The number of methoxy groups -OCH3 is 1. The van der Waals surface area contributed by atoms with Gasteiger partial charge in [-0.15, -0.1) is 11.8 Å². The first kappa shape index (κ1) is 34.8. The van der Waals surface area contributed by atoms with E-state index in [9.17, 15) is 14.4 Å². The second-order valence-electron chi connectivity index (χ2n) is 11.1. The fourth-order valence-corrected chi connectivity index (χ4v) is 6.48. The zero-order chi connectivity index (χ0) is 30.5. The van der Waals surface area contributed by atoms with Crippen molar-refractivity contribution < 1.29 is 23.9 Å². The number of nitrogens with zero attached hydrogens (tertiary/aromatic N) is 2. The Morgan fingerprint density at radius 3 is 2.41 bits per heavy atom. The first-order valence-corrected chi connectivity index (χ1v) is 16.0. The Morgan fingerprint density at radius 1 is 1.15 bits per heavy atom. The number of benzene rings is 1. The van der Waals surface area contributed by atoms with Gasteiger partial charge in [-0.3, -0.25) is 19.4 Å².